The largest absolute Gasteiger partial charge is 0.457 e. The lowest BCUT2D eigenvalue weighted by atomic mass is 9.99. The molecule has 1 heterocycles. The summed E-state index contributed by atoms with van der Waals surface area (Å²) in [5.41, 5.74) is 0. The molecule has 0 bridgehead atoms. The van der Waals surface area contributed by atoms with E-state index in [1.807, 2.05) is 0 Å². The van der Waals surface area contributed by atoms with Crippen LogP contribution in [0.2, 0.25) is 0 Å². The third kappa shape index (κ3) is 23.3. The number of unbranched alkanes of at least 4 members (excludes halogenated alkanes) is 22. The molecule has 0 aromatic heterocycles. The minimum atomic E-state index is -1.53. The number of carbonyl (C=O) groups excluding carboxylic acids is 1. The number of rotatable bonds is 33. The molecule has 1 aliphatic heterocycles. The van der Waals surface area contributed by atoms with Crippen LogP contribution in [0.5, 0.6) is 0 Å². The predicted octanol–water partition coefficient (Wildman–Crippen LogP) is 7.52. The zero-order valence-electron chi connectivity index (χ0n) is 30.3. The maximum atomic E-state index is 12.5. The van der Waals surface area contributed by atoms with E-state index in [1.54, 1.807) is 0 Å². The van der Waals surface area contributed by atoms with Crippen molar-refractivity contribution in [1.29, 1.82) is 0 Å². The molecule has 6 unspecified atom stereocenters. The molecule has 6 atom stereocenters. The minimum Gasteiger partial charge on any atom is -0.457 e. The Morgan fingerprint density at radius 1 is 0.596 bits per heavy atom. The summed E-state index contributed by atoms with van der Waals surface area (Å²) < 4.78 is 22.6. The first-order valence-corrected chi connectivity index (χ1v) is 19.6. The predicted molar refractivity (Wildman–Crippen MR) is 187 cm³/mol. The summed E-state index contributed by atoms with van der Waals surface area (Å²) in [5, 5.41) is 39.8. The first-order chi connectivity index (χ1) is 22.9. The fourth-order valence-electron chi connectivity index (χ4n) is 6.14. The van der Waals surface area contributed by atoms with Gasteiger partial charge in [-0.2, -0.15) is 0 Å². The molecule has 4 N–H and O–H groups in total. The molecule has 0 saturated carbocycles. The van der Waals surface area contributed by atoms with E-state index in [2.05, 4.69) is 13.8 Å². The fourth-order valence-corrected chi connectivity index (χ4v) is 6.14. The molecule has 0 aromatic rings. The summed E-state index contributed by atoms with van der Waals surface area (Å²) in [6.07, 6.45) is 23.2. The Morgan fingerprint density at radius 3 is 1.51 bits per heavy atom. The van der Waals surface area contributed by atoms with Gasteiger partial charge in [-0.1, -0.05) is 155 Å². The second-order valence-corrected chi connectivity index (χ2v) is 13.7. The van der Waals surface area contributed by atoms with E-state index in [0.29, 0.717) is 13.0 Å². The van der Waals surface area contributed by atoms with E-state index < -0.39 is 43.4 Å². The molecule has 1 aliphatic rings. The monoisotopic (exact) mass is 675 g/mol. The minimum absolute atomic E-state index is 0.108. The van der Waals surface area contributed by atoms with Crippen LogP contribution in [0.15, 0.2) is 0 Å². The Balaban J connectivity index is 2.16. The van der Waals surface area contributed by atoms with Crippen LogP contribution in [0.25, 0.3) is 0 Å². The lowest BCUT2D eigenvalue weighted by molar-refractivity contribution is -0.305. The van der Waals surface area contributed by atoms with Crippen molar-refractivity contribution in [2.24, 2.45) is 0 Å². The van der Waals surface area contributed by atoms with Crippen molar-refractivity contribution in [3.8, 4) is 0 Å². The standard InChI is InChI=1S/C38H74O9/c1-3-5-7-9-10-11-12-13-14-15-16-17-18-19-20-21-22-24-26-28-44-30-32(46-34(40)27-25-23-8-6-4-2)31-45-38-37(43)36(42)35(41)33(29-39)47-38/h32-33,35-39,41-43H,3-31H2,1-2H3. The lowest BCUT2D eigenvalue weighted by Crippen LogP contribution is -2.59. The second-order valence-electron chi connectivity index (χ2n) is 13.7. The number of hydrogen-bond acceptors (Lipinski definition) is 9. The molecule has 9 nitrogen and oxygen atoms in total. The fraction of sp³-hybridized carbons (Fsp3) is 0.974. The molecule has 0 radical (unpaired) electrons. The van der Waals surface area contributed by atoms with Crippen LogP contribution in [-0.2, 0) is 23.7 Å². The van der Waals surface area contributed by atoms with Crippen molar-refractivity contribution in [2.45, 2.75) is 211 Å². The Kier molecular flexibility index (Phi) is 29.3. The molecule has 280 valence electrons. The highest BCUT2D eigenvalue weighted by Gasteiger charge is 2.44. The van der Waals surface area contributed by atoms with Gasteiger partial charge in [0.25, 0.3) is 0 Å². The second kappa shape index (κ2) is 31.2. The van der Waals surface area contributed by atoms with E-state index >= 15 is 0 Å². The highest BCUT2D eigenvalue weighted by molar-refractivity contribution is 5.69. The van der Waals surface area contributed by atoms with Crippen LogP contribution < -0.4 is 0 Å². The first-order valence-electron chi connectivity index (χ1n) is 19.6. The molecule has 0 aliphatic carbocycles. The van der Waals surface area contributed by atoms with E-state index in [-0.39, 0.29) is 19.2 Å². The third-order valence-electron chi connectivity index (χ3n) is 9.27. The van der Waals surface area contributed by atoms with Gasteiger partial charge in [0.05, 0.1) is 19.8 Å². The van der Waals surface area contributed by atoms with E-state index in [9.17, 15) is 25.2 Å². The normalized spacial score (nSPS) is 22.0. The summed E-state index contributed by atoms with van der Waals surface area (Å²) in [6.45, 7) is 4.49. The molecule has 47 heavy (non-hydrogen) atoms. The molecule has 1 rings (SSSR count). The van der Waals surface area contributed by atoms with Gasteiger partial charge in [0.1, 0.15) is 30.5 Å². The van der Waals surface area contributed by atoms with Gasteiger partial charge in [-0.3, -0.25) is 4.79 Å². The summed E-state index contributed by atoms with van der Waals surface area (Å²) in [4.78, 5) is 12.5. The van der Waals surface area contributed by atoms with Gasteiger partial charge in [-0.25, -0.2) is 0 Å². The van der Waals surface area contributed by atoms with Gasteiger partial charge in [-0.15, -0.1) is 0 Å². The Bertz CT molecular complexity index is 692. The van der Waals surface area contributed by atoms with Crippen molar-refractivity contribution < 1.29 is 44.2 Å². The highest BCUT2D eigenvalue weighted by atomic mass is 16.7. The lowest BCUT2D eigenvalue weighted by Gasteiger charge is -2.39. The van der Waals surface area contributed by atoms with Crippen molar-refractivity contribution in [2.75, 3.05) is 26.4 Å². The summed E-state index contributed by atoms with van der Waals surface area (Å²) in [5.74, 6) is -0.323. The summed E-state index contributed by atoms with van der Waals surface area (Å²) >= 11 is 0. The SMILES string of the molecule is CCCCCCCCCCCCCCCCCCCCCOCC(COC1OC(CO)C(O)C(O)C1O)OC(=O)CCCCCCC. The van der Waals surface area contributed by atoms with Crippen molar-refractivity contribution in [1.82, 2.24) is 0 Å². The van der Waals surface area contributed by atoms with Gasteiger partial charge in [0, 0.05) is 13.0 Å². The number of carbonyl (C=O) groups is 1. The first kappa shape index (κ1) is 44.2. The molecule has 1 fully saturated rings. The van der Waals surface area contributed by atoms with Gasteiger partial charge in [-0.05, 0) is 12.8 Å². The van der Waals surface area contributed by atoms with Crippen LogP contribution in [0.1, 0.15) is 174 Å². The molecule has 0 amide bonds. The quantitative estimate of drug-likeness (QED) is 0.0412. The van der Waals surface area contributed by atoms with Crippen molar-refractivity contribution in [3.63, 3.8) is 0 Å². The zero-order valence-corrected chi connectivity index (χ0v) is 30.3. The smallest absolute Gasteiger partial charge is 0.306 e. The molecular weight excluding hydrogens is 600 g/mol. The van der Waals surface area contributed by atoms with Crippen LogP contribution in [0, 0.1) is 0 Å². The molecule has 0 spiro atoms. The van der Waals surface area contributed by atoms with Crippen LogP contribution in [0.3, 0.4) is 0 Å². The Labute approximate surface area is 287 Å². The van der Waals surface area contributed by atoms with E-state index in [0.717, 1.165) is 44.9 Å². The average Bonchev–Trinajstić information content (AvgIpc) is 3.07. The number of esters is 1. The number of hydrogen-bond donors (Lipinski definition) is 4. The molecular formula is C38H74O9. The van der Waals surface area contributed by atoms with Crippen molar-refractivity contribution in [3.05, 3.63) is 0 Å². The number of aliphatic hydroxyl groups is 4. The maximum Gasteiger partial charge on any atom is 0.306 e. The van der Waals surface area contributed by atoms with Gasteiger partial charge >= 0.3 is 5.97 Å². The summed E-state index contributed by atoms with van der Waals surface area (Å²) in [7, 11) is 0. The van der Waals surface area contributed by atoms with Crippen LogP contribution >= 0.6 is 0 Å². The molecule has 1 saturated heterocycles. The van der Waals surface area contributed by atoms with Crippen molar-refractivity contribution >= 4 is 5.97 Å². The van der Waals surface area contributed by atoms with Crippen LogP contribution in [-0.4, -0.2) is 89.6 Å². The van der Waals surface area contributed by atoms with Crippen LogP contribution in [0.4, 0.5) is 0 Å². The molecule has 9 heteroatoms. The van der Waals surface area contributed by atoms with E-state index in [4.69, 9.17) is 18.9 Å². The summed E-state index contributed by atoms with van der Waals surface area (Å²) in [6, 6.07) is 0. The third-order valence-corrected chi connectivity index (χ3v) is 9.27. The number of aliphatic hydroxyl groups excluding tert-OH is 4. The Morgan fingerprint density at radius 2 is 1.04 bits per heavy atom. The molecule has 0 aromatic carbocycles. The maximum absolute atomic E-state index is 12.5. The van der Waals surface area contributed by atoms with Gasteiger partial charge in [0.15, 0.2) is 6.29 Å². The zero-order chi connectivity index (χ0) is 34.4. The highest BCUT2D eigenvalue weighted by Crippen LogP contribution is 2.22. The average molecular weight is 675 g/mol. The van der Waals surface area contributed by atoms with E-state index in [1.165, 1.54) is 109 Å². The van der Waals surface area contributed by atoms with Gasteiger partial charge in [0.2, 0.25) is 0 Å². The number of ether oxygens (including phenoxy) is 4. The Hall–Kier alpha value is -0.810. The van der Waals surface area contributed by atoms with Gasteiger partial charge < -0.3 is 39.4 Å². The topological polar surface area (TPSA) is 135 Å².